The van der Waals surface area contributed by atoms with Gasteiger partial charge in [-0.3, -0.25) is 0 Å². The number of benzene rings is 8. The minimum Gasteiger partial charge on any atom is -0.504 e. The van der Waals surface area contributed by atoms with E-state index in [4.69, 9.17) is 37.9 Å². The molecule has 0 saturated carbocycles. The van der Waals surface area contributed by atoms with Gasteiger partial charge in [-0.25, -0.2) is 0 Å². The van der Waals surface area contributed by atoms with Crippen molar-refractivity contribution in [3.05, 3.63) is 378 Å². The van der Waals surface area contributed by atoms with E-state index in [-0.39, 0.29) is 5.41 Å². The summed E-state index contributed by atoms with van der Waals surface area (Å²) in [5.74, 6) is 1.99. The highest BCUT2D eigenvalue weighted by atomic mass is 16.5. The molecule has 0 heterocycles. The average molecular weight is 1650 g/mol. The molecule has 0 saturated heterocycles. The Morgan fingerprint density at radius 1 is 0.281 bits per heavy atom. The Morgan fingerprint density at radius 2 is 0.512 bits per heavy atom. The van der Waals surface area contributed by atoms with Crippen molar-refractivity contribution in [2.75, 3.05) is 56.9 Å². The van der Waals surface area contributed by atoms with E-state index in [1.54, 1.807) is 88.2 Å². The number of rotatable bonds is 35. The smallest absolute Gasteiger partial charge is 0.0817 e. The summed E-state index contributed by atoms with van der Waals surface area (Å²) in [4.78, 5) is 0. The van der Waals surface area contributed by atoms with Crippen LogP contribution in [-0.2, 0) is 120 Å². The predicted octanol–water partition coefficient (Wildman–Crippen LogP) is 30.5. The molecular weight excluding hydrogens is 1490 g/mol. The second kappa shape index (κ2) is 65.8. The summed E-state index contributed by atoms with van der Waals surface area (Å²) in [6, 6.07) is 70.6. The molecule has 662 valence electrons. The summed E-state index contributed by atoms with van der Waals surface area (Å²) in [5.41, 5.74) is 32.1. The molecule has 0 N–H and O–H groups in total. The molecule has 1 unspecified atom stereocenters. The van der Waals surface area contributed by atoms with E-state index < -0.39 is 0 Å². The highest BCUT2D eigenvalue weighted by molar-refractivity contribution is 5.34. The van der Waals surface area contributed by atoms with Gasteiger partial charge in [0.15, 0.2) is 0 Å². The van der Waals surface area contributed by atoms with Crippen LogP contribution in [0.4, 0.5) is 0 Å². The monoisotopic (exact) mass is 1650 g/mol. The Hall–Kier alpha value is -9.92. The Kier molecular flexibility index (Phi) is 59.3. The molecule has 0 aliphatic carbocycles. The second-order valence-electron chi connectivity index (χ2n) is 34.0. The van der Waals surface area contributed by atoms with E-state index in [0.29, 0.717) is 11.8 Å². The standard InChI is InChI=1S/4C15H22O.2C14H20O.C13H18O.C12H16O/c1-12(11-16-5)10-13-6-8-14(9-7-13)15(2,3)4;1-12(2)9-14-5-7-15(8-6-14)10-13(3)11-16-4;1-5-13(3)15-8-6-14(7-9-15)10-12(2)11-16-4;1-4-5-6-14-7-9-15(10-8-14)11-13(2)12-16-3;1-11(2)14-7-5-13(6-8-14)9-12(3)10-15-4;1-4-5-13-6-8-14(9-7-13)10-12(2)11-15-3;1-4-12-5-7-13(8-6-12)9-11(2)10-14-3;1-10-4-6-12(7-5-10)8-11(2)9-13-3/h6-9,11H,10H2,1-5H3;5-8,11-12H,9-10H2,1-4H3;6-9,11,13H,5,10H2,1-4H3;7-10,12H,4-6,11H2,1-3H3;5-8,10-11H,9H2,1-4H3;6-9,11H,4-5,10H2,1-3H3;5-8,10H,4,9H2,1-3H3;4-7,9H,8H2,1-3H3/b12-11+;13-11+;12-11+;13-12+;12-10+;12-11+;11-10+;11-9+. The van der Waals surface area contributed by atoms with Gasteiger partial charge in [0.1, 0.15) is 0 Å². The Labute approximate surface area is 739 Å². The molecule has 0 aliphatic heterocycles. The van der Waals surface area contributed by atoms with Crippen LogP contribution in [0.15, 0.2) is 289 Å². The molecule has 0 radical (unpaired) electrons. The zero-order chi connectivity index (χ0) is 90.3. The quantitative estimate of drug-likeness (QED) is 0.0364. The van der Waals surface area contributed by atoms with Crippen molar-refractivity contribution in [1.82, 2.24) is 0 Å². The molecule has 0 bridgehead atoms. The van der Waals surface area contributed by atoms with E-state index in [9.17, 15) is 0 Å². The van der Waals surface area contributed by atoms with Gasteiger partial charge in [-0.05, 0) is 303 Å². The first kappa shape index (κ1) is 109. The number of methoxy groups -OCH3 is 8. The van der Waals surface area contributed by atoms with Crippen molar-refractivity contribution in [3.8, 4) is 0 Å². The molecule has 0 spiro atoms. The van der Waals surface area contributed by atoms with E-state index >= 15 is 0 Å². The molecule has 8 aromatic carbocycles. The topological polar surface area (TPSA) is 73.8 Å². The van der Waals surface area contributed by atoms with E-state index in [1.165, 1.54) is 172 Å². The van der Waals surface area contributed by atoms with Gasteiger partial charge in [-0.1, -0.05) is 296 Å². The number of aryl methyl sites for hydroxylation is 4. The van der Waals surface area contributed by atoms with Crippen molar-refractivity contribution in [1.29, 1.82) is 0 Å². The van der Waals surface area contributed by atoms with Crippen molar-refractivity contribution >= 4 is 0 Å². The zero-order valence-electron chi connectivity index (χ0n) is 80.9. The first-order chi connectivity index (χ1) is 57.8. The minimum atomic E-state index is 0.232. The van der Waals surface area contributed by atoms with Gasteiger partial charge >= 0.3 is 0 Å². The van der Waals surface area contributed by atoms with Gasteiger partial charge in [0.2, 0.25) is 0 Å². The maximum absolute atomic E-state index is 4.99. The summed E-state index contributed by atoms with van der Waals surface area (Å²) >= 11 is 0. The minimum absolute atomic E-state index is 0.232. The van der Waals surface area contributed by atoms with E-state index in [2.05, 4.69) is 340 Å². The molecule has 8 rings (SSSR count). The van der Waals surface area contributed by atoms with E-state index in [0.717, 1.165) is 70.1 Å². The van der Waals surface area contributed by atoms with Crippen molar-refractivity contribution in [3.63, 3.8) is 0 Å². The number of hydrogen-bond acceptors (Lipinski definition) is 8. The van der Waals surface area contributed by atoms with Gasteiger partial charge in [0.25, 0.3) is 0 Å². The molecule has 0 fully saturated rings. The van der Waals surface area contributed by atoms with Gasteiger partial charge < -0.3 is 37.9 Å². The zero-order valence-corrected chi connectivity index (χ0v) is 80.9. The molecule has 0 aromatic heterocycles. The van der Waals surface area contributed by atoms with Gasteiger partial charge in [-0.15, -0.1) is 0 Å². The number of ether oxygens (including phenoxy) is 8. The maximum atomic E-state index is 4.99. The normalized spacial score (nSPS) is 12.1. The number of hydrogen-bond donors (Lipinski definition) is 0. The lowest BCUT2D eigenvalue weighted by Gasteiger charge is -2.19. The van der Waals surface area contributed by atoms with Crippen LogP contribution in [-0.4, -0.2) is 56.9 Å². The number of allylic oxidation sites excluding steroid dienone is 8. The van der Waals surface area contributed by atoms with Crippen LogP contribution >= 0.6 is 0 Å². The van der Waals surface area contributed by atoms with Crippen LogP contribution in [0.5, 0.6) is 0 Å². The van der Waals surface area contributed by atoms with Crippen molar-refractivity contribution in [2.45, 2.75) is 265 Å². The lowest BCUT2D eigenvalue weighted by atomic mass is 9.86. The Balaban J connectivity index is 0.000000692. The molecular formula is C113H162O8. The van der Waals surface area contributed by atoms with E-state index in [1.807, 2.05) is 18.8 Å². The summed E-state index contributed by atoms with van der Waals surface area (Å²) in [6.07, 6.45) is 31.8. The third-order valence-corrected chi connectivity index (χ3v) is 19.7. The summed E-state index contributed by atoms with van der Waals surface area (Å²) in [6.45, 7) is 45.5. The maximum Gasteiger partial charge on any atom is 0.0817 e. The fraction of sp³-hybridized carbons (Fsp3) is 0.434. The first-order valence-corrected chi connectivity index (χ1v) is 44.0. The third kappa shape index (κ3) is 53.5. The van der Waals surface area contributed by atoms with Gasteiger partial charge in [0, 0.05) is 0 Å². The van der Waals surface area contributed by atoms with Crippen LogP contribution in [0, 0.1) is 12.8 Å². The molecule has 8 aromatic rings. The second-order valence-corrected chi connectivity index (χ2v) is 34.0. The van der Waals surface area contributed by atoms with Gasteiger partial charge in [-0.2, -0.15) is 0 Å². The van der Waals surface area contributed by atoms with Gasteiger partial charge in [0.05, 0.1) is 107 Å². The Bertz CT molecular complexity index is 4210. The average Bonchev–Trinajstić information content (AvgIpc) is 0.699. The van der Waals surface area contributed by atoms with Crippen molar-refractivity contribution in [2.24, 2.45) is 5.92 Å². The number of unbranched alkanes of at least 4 members (excludes halogenated alkanes) is 1. The molecule has 8 nitrogen and oxygen atoms in total. The fourth-order valence-corrected chi connectivity index (χ4v) is 13.0. The van der Waals surface area contributed by atoms with Crippen LogP contribution < -0.4 is 0 Å². The molecule has 1 atom stereocenters. The Morgan fingerprint density at radius 3 is 0.744 bits per heavy atom. The molecule has 121 heavy (non-hydrogen) atoms. The largest absolute Gasteiger partial charge is 0.504 e. The SMILES string of the molecule is CCC(C)c1ccc(C/C(C)=C/OC)cc1.CCCCc1ccc(C/C(C)=C/OC)cc1.CCCc1ccc(C/C(C)=C/OC)cc1.CCc1ccc(C/C(C)=C/OC)cc1.CO/C=C(\C)Cc1ccc(C(C)(C)C)cc1.CO/C=C(\C)Cc1ccc(C(C)C)cc1.CO/C=C(\C)Cc1ccc(C)cc1.CO/C=C(\C)Cc1ccc(CC(C)C)cc1. The highest BCUT2D eigenvalue weighted by Crippen LogP contribution is 2.25. The predicted molar refractivity (Wildman–Crippen MR) is 524 cm³/mol. The van der Waals surface area contributed by atoms with Crippen LogP contribution in [0.1, 0.15) is 265 Å². The fourth-order valence-electron chi connectivity index (χ4n) is 13.0. The molecule has 0 amide bonds. The van der Waals surface area contributed by atoms with Crippen LogP contribution in [0.25, 0.3) is 0 Å². The third-order valence-electron chi connectivity index (χ3n) is 19.7. The van der Waals surface area contributed by atoms with Crippen LogP contribution in [0.2, 0.25) is 0 Å². The van der Waals surface area contributed by atoms with Crippen LogP contribution in [0.3, 0.4) is 0 Å². The van der Waals surface area contributed by atoms with Crippen molar-refractivity contribution < 1.29 is 37.9 Å². The highest BCUT2D eigenvalue weighted by Gasteiger charge is 2.13. The summed E-state index contributed by atoms with van der Waals surface area (Å²) < 4.78 is 39.8. The molecule has 0 aliphatic rings. The lowest BCUT2D eigenvalue weighted by Crippen LogP contribution is -2.10. The molecule has 8 heteroatoms. The summed E-state index contributed by atoms with van der Waals surface area (Å²) in [5, 5.41) is 0. The first-order valence-electron chi connectivity index (χ1n) is 44.0. The lowest BCUT2D eigenvalue weighted by molar-refractivity contribution is 0.333. The summed E-state index contributed by atoms with van der Waals surface area (Å²) in [7, 11) is 13.5.